The molecule has 11 heteroatoms. The van der Waals surface area contributed by atoms with E-state index in [1.54, 1.807) is 29.7 Å². The average molecular weight is 442 g/mol. The van der Waals surface area contributed by atoms with Crippen molar-refractivity contribution in [2.45, 2.75) is 26.1 Å². The van der Waals surface area contributed by atoms with Crippen molar-refractivity contribution < 1.29 is 18.0 Å². The molecule has 3 heterocycles. The second-order valence-corrected chi connectivity index (χ2v) is 7.09. The van der Waals surface area contributed by atoms with Crippen molar-refractivity contribution in [3.05, 3.63) is 71.0 Å². The van der Waals surface area contributed by atoms with Crippen LogP contribution in [0.25, 0.3) is 22.0 Å². The highest BCUT2D eigenvalue weighted by atomic mass is 19.4. The molecule has 0 radical (unpaired) electrons. The number of hydrogen-bond acceptors (Lipinski definition) is 5. The van der Waals surface area contributed by atoms with Crippen LogP contribution in [0.5, 0.6) is 0 Å². The first kappa shape index (κ1) is 21.2. The van der Waals surface area contributed by atoms with E-state index in [0.29, 0.717) is 23.3 Å². The number of fused-ring (bicyclic) bond motifs is 2. The van der Waals surface area contributed by atoms with E-state index in [4.69, 9.17) is 0 Å². The Morgan fingerprint density at radius 2 is 1.97 bits per heavy atom. The second-order valence-electron chi connectivity index (χ2n) is 7.09. The Balaban J connectivity index is 1.71. The molecule has 0 saturated heterocycles. The van der Waals surface area contributed by atoms with E-state index in [1.807, 2.05) is 0 Å². The number of rotatable bonds is 5. The van der Waals surface area contributed by atoms with E-state index in [9.17, 15) is 22.8 Å². The smallest absolute Gasteiger partial charge is 0.323 e. The van der Waals surface area contributed by atoms with Crippen LogP contribution in [0.2, 0.25) is 0 Å². The van der Waals surface area contributed by atoms with Crippen LogP contribution in [-0.2, 0) is 17.5 Å². The first-order valence-electron chi connectivity index (χ1n) is 9.57. The van der Waals surface area contributed by atoms with Gasteiger partial charge in [-0.25, -0.2) is 4.68 Å². The lowest BCUT2D eigenvalue weighted by atomic mass is 10.0. The summed E-state index contributed by atoms with van der Waals surface area (Å²) in [5.41, 5.74) is 0.0657. The van der Waals surface area contributed by atoms with Gasteiger partial charge in [0, 0.05) is 11.6 Å². The minimum Gasteiger partial charge on any atom is -0.323 e. The van der Waals surface area contributed by atoms with Crippen LogP contribution in [0.4, 0.5) is 18.9 Å². The van der Waals surface area contributed by atoms with Gasteiger partial charge in [0.1, 0.15) is 12.9 Å². The summed E-state index contributed by atoms with van der Waals surface area (Å²) < 4.78 is 42.1. The van der Waals surface area contributed by atoms with E-state index >= 15 is 0 Å². The number of nitrogens with zero attached hydrogens (tertiary/aromatic N) is 5. The lowest BCUT2D eigenvalue weighted by Gasteiger charge is -2.14. The van der Waals surface area contributed by atoms with Gasteiger partial charge in [0.2, 0.25) is 5.91 Å². The number of hydrogen-bond donors (Lipinski definition) is 1. The summed E-state index contributed by atoms with van der Waals surface area (Å²) in [6.45, 7) is 5.19. The topological polar surface area (TPSA) is 94.2 Å². The predicted octanol–water partition coefficient (Wildman–Crippen LogP) is 3.52. The molecular formula is C21H17F3N6O2. The highest BCUT2D eigenvalue weighted by molar-refractivity contribution is 5.93. The van der Waals surface area contributed by atoms with Gasteiger partial charge < -0.3 is 5.32 Å². The Kier molecular flexibility index (Phi) is 5.25. The maximum absolute atomic E-state index is 13.2. The number of anilines is 1. The van der Waals surface area contributed by atoms with Gasteiger partial charge in [0.15, 0.2) is 5.65 Å². The number of allylic oxidation sites excluding steroid dienone is 1. The summed E-state index contributed by atoms with van der Waals surface area (Å²) in [5.74, 6) is -0.536. The third-order valence-corrected chi connectivity index (χ3v) is 4.92. The molecule has 1 aromatic carbocycles. The van der Waals surface area contributed by atoms with E-state index < -0.39 is 29.8 Å². The van der Waals surface area contributed by atoms with Crippen molar-refractivity contribution in [2.24, 2.45) is 0 Å². The van der Waals surface area contributed by atoms with Crippen LogP contribution < -0.4 is 10.9 Å². The Labute approximate surface area is 179 Å². The summed E-state index contributed by atoms with van der Waals surface area (Å²) in [6, 6.07) is 6.11. The van der Waals surface area contributed by atoms with Crippen molar-refractivity contribution in [1.29, 1.82) is 0 Å². The summed E-state index contributed by atoms with van der Waals surface area (Å²) in [4.78, 5) is 25.4. The number of carbonyl (C=O) groups excluding carboxylic acids is 1. The van der Waals surface area contributed by atoms with Crippen molar-refractivity contribution in [3.8, 4) is 0 Å². The van der Waals surface area contributed by atoms with Crippen LogP contribution in [0.1, 0.15) is 24.6 Å². The van der Waals surface area contributed by atoms with E-state index in [0.717, 1.165) is 22.9 Å². The third-order valence-electron chi connectivity index (χ3n) is 4.92. The van der Waals surface area contributed by atoms with Crippen molar-refractivity contribution in [1.82, 2.24) is 24.4 Å². The predicted molar refractivity (Wildman–Crippen MR) is 112 cm³/mol. The number of amides is 1. The van der Waals surface area contributed by atoms with Crippen molar-refractivity contribution in [3.63, 3.8) is 0 Å². The molecular weight excluding hydrogens is 425 g/mol. The molecule has 0 aliphatic heterocycles. The van der Waals surface area contributed by atoms with Gasteiger partial charge in [-0.2, -0.15) is 18.3 Å². The van der Waals surface area contributed by atoms with Crippen LogP contribution in [0, 0.1) is 0 Å². The maximum Gasteiger partial charge on any atom is 0.416 e. The van der Waals surface area contributed by atoms with E-state index in [2.05, 4.69) is 27.2 Å². The number of benzene rings is 1. The van der Waals surface area contributed by atoms with Crippen LogP contribution in [0.15, 0.2) is 54.2 Å². The van der Waals surface area contributed by atoms with Gasteiger partial charge in [-0.15, -0.1) is 10.2 Å². The Morgan fingerprint density at radius 1 is 1.19 bits per heavy atom. The SMILES string of the molecule is C=C(CC)c1nn(CC(=O)Nc2ccc3nncn3c2)c(=O)c2ccc(C(F)(F)F)cc12. The standard InChI is InChI=1S/C21H17F3N6O2/c1-3-12(2)19-16-8-13(21(22,23)24)4-6-15(16)20(32)30(28-19)10-18(31)26-14-5-7-17-27-25-11-29(17)9-14/h4-9,11H,2-3,10H2,1H3,(H,26,31). The lowest BCUT2D eigenvalue weighted by molar-refractivity contribution is -0.137. The fourth-order valence-corrected chi connectivity index (χ4v) is 3.24. The summed E-state index contributed by atoms with van der Waals surface area (Å²) in [7, 11) is 0. The molecule has 4 aromatic rings. The van der Waals surface area contributed by atoms with Gasteiger partial charge in [0.05, 0.1) is 22.3 Å². The molecule has 1 amide bonds. The number of alkyl halides is 3. The first-order chi connectivity index (χ1) is 15.2. The summed E-state index contributed by atoms with van der Waals surface area (Å²) in [6.07, 6.45) is -1.09. The minimum absolute atomic E-state index is 0.0244. The fraction of sp³-hybridized carbons (Fsp3) is 0.190. The molecule has 0 aliphatic rings. The zero-order valence-corrected chi connectivity index (χ0v) is 16.8. The summed E-state index contributed by atoms with van der Waals surface area (Å²) >= 11 is 0. The molecule has 0 atom stereocenters. The minimum atomic E-state index is -4.57. The van der Waals surface area contributed by atoms with E-state index in [-0.39, 0.29) is 16.5 Å². The normalized spacial score (nSPS) is 11.8. The molecule has 0 bridgehead atoms. The molecule has 0 fully saturated rings. The van der Waals surface area contributed by atoms with Gasteiger partial charge in [0.25, 0.3) is 5.56 Å². The molecule has 164 valence electrons. The Hall–Kier alpha value is -4.02. The number of halogens is 3. The molecule has 8 nitrogen and oxygen atoms in total. The van der Waals surface area contributed by atoms with Gasteiger partial charge >= 0.3 is 6.18 Å². The summed E-state index contributed by atoms with van der Waals surface area (Å²) in [5, 5.41) is 14.5. The second kappa shape index (κ2) is 7.91. The molecule has 0 spiro atoms. The number of carbonyl (C=O) groups is 1. The van der Waals surface area contributed by atoms with Crippen LogP contribution in [-0.4, -0.2) is 30.3 Å². The van der Waals surface area contributed by atoms with Gasteiger partial charge in [-0.3, -0.25) is 14.0 Å². The quantitative estimate of drug-likeness (QED) is 0.511. The Bertz CT molecular complexity index is 1420. The molecule has 32 heavy (non-hydrogen) atoms. The highest BCUT2D eigenvalue weighted by Crippen LogP contribution is 2.32. The zero-order valence-electron chi connectivity index (χ0n) is 16.8. The number of pyridine rings is 1. The van der Waals surface area contributed by atoms with Gasteiger partial charge in [-0.05, 0) is 42.3 Å². The largest absolute Gasteiger partial charge is 0.416 e. The number of aromatic nitrogens is 5. The lowest BCUT2D eigenvalue weighted by Crippen LogP contribution is -2.30. The van der Waals surface area contributed by atoms with Crippen LogP contribution in [0.3, 0.4) is 0 Å². The van der Waals surface area contributed by atoms with E-state index in [1.165, 1.54) is 6.33 Å². The molecule has 4 rings (SSSR count). The molecule has 1 N–H and O–H groups in total. The highest BCUT2D eigenvalue weighted by Gasteiger charge is 2.31. The van der Waals surface area contributed by atoms with Gasteiger partial charge in [-0.1, -0.05) is 13.5 Å². The van der Waals surface area contributed by atoms with Crippen molar-refractivity contribution in [2.75, 3.05) is 5.32 Å². The molecule has 3 aromatic heterocycles. The Morgan fingerprint density at radius 3 is 2.69 bits per heavy atom. The molecule has 0 saturated carbocycles. The van der Waals surface area contributed by atoms with Crippen LogP contribution >= 0.6 is 0 Å². The number of nitrogens with one attached hydrogen (secondary N) is 1. The fourth-order valence-electron chi connectivity index (χ4n) is 3.24. The third kappa shape index (κ3) is 3.96. The maximum atomic E-state index is 13.2. The molecule has 0 aliphatic carbocycles. The molecule has 0 unspecified atom stereocenters. The zero-order chi connectivity index (χ0) is 23.0. The first-order valence-corrected chi connectivity index (χ1v) is 9.57. The monoisotopic (exact) mass is 442 g/mol. The van der Waals surface area contributed by atoms with Crippen molar-refractivity contribution >= 4 is 33.6 Å². The average Bonchev–Trinajstić information content (AvgIpc) is 3.22.